The molecule has 0 fully saturated rings. The second-order valence-corrected chi connectivity index (χ2v) is 11.3. The van der Waals surface area contributed by atoms with Gasteiger partial charge in [-0.2, -0.15) is 4.33 Å². The van der Waals surface area contributed by atoms with E-state index in [4.69, 9.17) is 15.9 Å². The minimum Gasteiger partial charge on any atom is -0.494 e. The Balaban J connectivity index is 1.55. The molecule has 0 saturated carbocycles. The van der Waals surface area contributed by atoms with Crippen molar-refractivity contribution in [2.24, 2.45) is 0 Å². The smallest absolute Gasteiger partial charge is 0.333 e. The highest BCUT2D eigenvalue weighted by atomic mass is 35.5. The first kappa shape index (κ1) is 25.0. The van der Waals surface area contributed by atoms with Crippen LogP contribution in [-0.4, -0.2) is 31.2 Å². The van der Waals surface area contributed by atoms with Crippen LogP contribution in [0.3, 0.4) is 0 Å². The van der Waals surface area contributed by atoms with Gasteiger partial charge in [-0.15, -0.1) is 11.3 Å². The summed E-state index contributed by atoms with van der Waals surface area (Å²) >= 11 is 7.51. The summed E-state index contributed by atoms with van der Waals surface area (Å²) in [6.07, 6.45) is 0. The van der Waals surface area contributed by atoms with E-state index >= 15 is 0 Å². The van der Waals surface area contributed by atoms with Crippen LogP contribution in [0.1, 0.15) is 0 Å². The summed E-state index contributed by atoms with van der Waals surface area (Å²) in [6, 6.07) is 14.0. The summed E-state index contributed by atoms with van der Waals surface area (Å²) in [5.74, 6) is -0.286. The number of benzene rings is 2. The molecule has 35 heavy (non-hydrogen) atoms. The average Bonchev–Trinajstić information content (AvgIpc) is 3.26. The van der Waals surface area contributed by atoms with Crippen molar-refractivity contribution in [3.05, 3.63) is 75.4 Å². The number of sulfonamides is 1. The van der Waals surface area contributed by atoms with Gasteiger partial charge in [0.05, 0.1) is 29.2 Å². The molecule has 10 nitrogen and oxygen atoms in total. The third kappa shape index (κ3) is 5.61. The first-order valence-electron chi connectivity index (χ1n) is 9.63. The molecule has 2 heterocycles. The van der Waals surface area contributed by atoms with Crippen LogP contribution in [0.15, 0.2) is 74.6 Å². The van der Waals surface area contributed by atoms with E-state index in [9.17, 15) is 23.1 Å². The van der Waals surface area contributed by atoms with E-state index < -0.39 is 21.6 Å². The van der Waals surface area contributed by atoms with Gasteiger partial charge in [0.2, 0.25) is 5.88 Å². The van der Waals surface area contributed by atoms with Crippen LogP contribution < -0.4 is 15.6 Å². The van der Waals surface area contributed by atoms with Crippen LogP contribution in [0, 0.1) is 0 Å². The lowest BCUT2D eigenvalue weighted by atomic mass is 10.1. The molecule has 0 saturated heterocycles. The van der Waals surface area contributed by atoms with Crippen molar-refractivity contribution in [1.82, 2.24) is 9.29 Å². The van der Waals surface area contributed by atoms with Crippen LogP contribution in [0.4, 0.5) is 10.5 Å². The topological polar surface area (TPSA) is 136 Å². The second kappa shape index (κ2) is 10.3. The fraction of sp³-hybridized carbons (Fsp3) is 0.0476. The summed E-state index contributed by atoms with van der Waals surface area (Å²) in [4.78, 5) is 30.0. The summed E-state index contributed by atoms with van der Waals surface area (Å²) < 4.78 is 32.5. The van der Waals surface area contributed by atoms with Crippen molar-refractivity contribution in [2.75, 3.05) is 12.4 Å². The highest BCUT2D eigenvalue weighted by Crippen LogP contribution is 2.30. The lowest BCUT2D eigenvalue weighted by Gasteiger charge is -2.13. The molecule has 0 radical (unpaired) electrons. The van der Waals surface area contributed by atoms with Crippen molar-refractivity contribution in [2.45, 2.75) is 9.10 Å². The lowest BCUT2D eigenvalue weighted by molar-refractivity contribution is -0.160. The summed E-state index contributed by atoms with van der Waals surface area (Å²) in [6.45, 7) is 0. The number of aromatic hydroxyl groups is 1. The number of nitrogens with zero attached hydrogens (tertiary/aromatic N) is 1. The predicted molar refractivity (Wildman–Crippen MR) is 134 cm³/mol. The number of anilines is 1. The molecule has 4 aromatic rings. The normalized spacial score (nSPS) is 11.5. The number of thiophene rings is 1. The molecule has 2 aromatic heterocycles. The van der Waals surface area contributed by atoms with E-state index in [-0.39, 0.29) is 20.1 Å². The fourth-order valence-electron chi connectivity index (χ4n) is 3.12. The third-order valence-electron chi connectivity index (χ3n) is 4.60. The van der Waals surface area contributed by atoms with Crippen molar-refractivity contribution < 1.29 is 27.5 Å². The molecule has 4 rings (SSSR count). The van der Waals surface area contributed by atoms with Crippen molar-refractivity contribution in [3.63, 3.8) is 0 Å². The maximum absolute atomic E-state index is 12.7. The van der Waals surface area contributed by atoms with Gasteiger partial charge >= 0.3 is 6.03 Å². The Morgan fingerprint density at radius 1 is 1.11 bits per heavy atom. The molecule has 3 N–H and O–H groups in total. The minimum absolute atomic E-state index is 0.102. The number of hydrogen-bond acceptors (Lipinski definition) is 9. The Morgan fingerprint density at radius 3 is 2.51 bits per heavy atom. The van der Waals surface area contributed by atoms with E-state index in [0.717, 1.165) is 27.9 Å². The van der Waals surface area contributed by atoms with Crippen LogP contribution in [0.2, 0.25) is 4.34 Å². The summed E-state index contributed by atoms with van der Waals surface area (Å²) in [5.41, 5.74) is 0.115. The van der Waals surface area contributed by atoms with Gasteiger partial charge < -0.3 is 10.4 Å². The number of carbonyl (C=O) groups excluding carboxylic acids is 1. The average molecular weight is 554 g/mol. The number of aromatic nitrogens is 1. The van der Waals surface area contributed by atoms with Gasteiger partial charge in [-0.05, 0) is 53.9 Å². The van der Waals surface area contributed by atoms with Gasteiger partial charge in [0.15, 0.2) is 0 Å². The number of urea groups is 1. The number of amides is 2. The zero-order valence-electron chi connectivity index (χ0n) is 17.7. The zero-order chi connectivity index (χ0) is 25.2. The van der Waals surface area contributed by atoms with Crippen LogP contribution in [-0.2, 0) is 19.2 Å². The standard InChI is InChI=1S/C21H16ClN3O7S3/c1-31-32-34-15-7-2-12-10-18(26)25(20(27)16(12)11-15)14-5-3-13(4-6-14)23-21(28)24-35(29,30)19-9-8-17(22)33-19/h2-11,27H,1H3,(H2,23,24,28). The molecule has 0 atom stereocenters. The predicted octanol–water partition coefficient (Wildman–Crippen LogP) is 4.51. The van der Waals surface area contributed by atoms with E-state index in [1.54, 1.807) is 18.2 Å². The third-order valence-corrected chi connectivity index (χ3v) is 8.30. The van der Waals surface area contributed by atoms with Gasteiger partial charge in [0.25, 0.3) is 15.6 Å². The first-order chi connectivity index (χ1) is 16.7. The number of pyridine rings is 1. The van der Waals surface area contributed by atoms with Crippen molar-refractivity contribution in [1.29, 1.82) is 0 Å². The fourth-order valence-corrected chi connectivity index (χ4v) is 5.94. The SMILES string of the molecule is COOSc1ccc2cc(=O)n(-c3ccc(NC(=O)NS(=O)(=O)c4ccc(Cl)s4)cc3)c(O)c2c1. The summed E-state index contributed by atoms with van der Waals surface area (Å²) in [5, 5.41) is 14.2. The first-order valence-corrected chi connectivity index (χ1v) is 13.1. The van der Waals surface area contributed by atoms with Gasteiger partial charge in [-0.25, -0.2) is 27.4 Å². The van der Waals surface area contributed by atoms with Crippen molar-refractivity contribution in [3.8, 4) is 11.6 Å². The van der Waals surface area contributed by atoms with Gasteiger partial charge in [-0.1, -0.05) is 17.7 Å². The van der Waals surface area contributed by atoms with E-state index in [2.05, 4.69) is 10.2 Å². The molecular weight excluding hydrogens is 538 g/mol. The molecule has 0 spiro atoms. The number of carbonyl (C=O) groups is 1. The molecule has 0 unspecified atom stereocenters. The molecule has 2 aromatic carbocycles. The molecule has 0 aliphatic heterocycles. The Bertz CT molecular complexity index is 1570. The monoisotopic (exact) mass is 553 g/mol. The Labute approximate surface area is 212 Å². The minimum atomic E-state index is -4.08. The Morgan fingerprint density at radius 2 is 1.86 bits per heavy atom. The van der Waals surface area contributed by atoms with Crippen LogP contribution >= 0.6 is 35.0 Å². The molecule has 0 bridgehead atoms. The number of fused-ring (bicyclic) bond motifs is 1. The highest BCUT2D eigenvalue weighted by molar-refractivity contribution is 7.94. The molecule has 2 amide bonds. The maximum atomic E-state index is 12.7. The number of halogens is 1. The summed E-state index contributed by atoms with van der Waals surface area (Å²) in [7, 11) is -2.71. The maximum Gasteiger partial charge on any atom is 0.333 e. The Kier molecular flexibility index (Phi) is 7.35. The lowest BCUT2D eigenvalue weighted by Crippen LogP contribution is -2.33. The van der Waals surface area contributed by atoms with Crippen LogP contribution in [0.25, 0.3) is 16.5 Å². The number of nitrogens with one attached hydrogen (secondary N) is 2. The quantitative estimate of drug-likeness (QED) is 0.173. The number of rotatable bonds is 7. The van der Waals surface area contributed by atoms with E-state index in [1.807, 2.05) is 4.72 Å². The largest absolute Gasteiger partial charge is 0.494 e. The Hall–Kier alpha value is -3.07. The van der Waals surface area contributed by atoms with Gasteiger partial charge in [0.1, 0.15) is 4.21 Å². The zero-order valence-corrected chi connectivity index (χ0v) is 20.9. The molecule has 0 aliphatic rings. The second-order valence-electron chi connectivity index (χ2n) is 6.87. The van der Waals surface area contributed by atoms with E-state index in [0.29, 0.717) is 21.4 Å². The number of hydrogen-bond donors (Lipinski definition) is 3. The molecule has 14 heteroatoms. The van der Waals surface area contributed by atoms with Crippen molar-refractivity contribution >= 4 is 67.5 Å². The van der Waals surface area contributed by atoms with Gasteiger partial charge in [0, 0.05) is 22.0 Å². The van der Waals surface area contributed by atoms with Crippen LogP contribution in [0.5, 0.6) is 5.88 Å². The highest BCUT2D eigenvalue weighted by Gasteiger charge is 2.20. The van der Waals surface area contributed by atoms with E-state index in [1.165, 1.54) is 49.6 Å². The molecule has 182 valence electrons. The molecular formula is C21H16ClN3O7S3. The van der Waals surface area contributed by atoms with Gasteiger partial charge in [-0.3, -0.25) is 4.79 Å². The molecule has 0 aliphatic carbocycles.